The van der Waals surface area contributed by atoms with Crippen LogP contribution in [0, 0.1) is 0 Å². The third-order valence-corrected chi connectivity index (χ3v) is 3.48. The average Bonchev–Trinajstić information content (AvgIpc) is 2.56. The highest BCUT2D eigenvalue weighted by Gasteiger charge is 2.08. The van der Waals surface area contributed by atoms with E-state index in [-0.39, 0.29) is 12.1 Å². The maximum absolute atomic E-state index is 11.9. The molecule has 0 spiro atoms. The van der Waals surface area contributed by atoms with Gasteiger partial charge < -0.3 is 15.4 Å². The molecule has 1 atom stereocenters. The number of methoxy groups -OCH3 is 1. The summed E-state index contributed by atoms with van der Waals surface area (Å²) >= 11 is 0. The zero-order chi connectivity index (χ0) is 16.5. The lowest BCUT2D eigenvalue weighted by Gasteiger charge is -2.15. The first kappa shape index (κ1) is 16.8. The Bertz CT molecular complexity index is 617. The van der Waals surface area contributed by atoms with Gasteiger partial charge in [-0.05, 0) is 49.1 Å². The highest BCUT2D eigenvalue weighted by Crippen LogP contribution is 2.13. The molecular formula is C18H23N3O2. The third-order valence-electron chi connectivity index (χ3n) is 3.48. The maximum atomic E-state index is 11.9. The largest absolute Gasteiger partial charge is 0.497 e. The number of hydrogen-bond donors (Lipinski definition) is 2. The second-order valence-corrected chi connectivity index (χ2v) is 5.47. The summed E-state index contributed by atoms with van der Waals surface area (Å²) in [6.45, 7) is 2.57. The molecule has 0 aliphatic heterocycles. The van der Waals surface area contributed by atoms with Crippen LogP contribution in [0.15, 0.2) is 48.8 Å². The average molecular weight is 313 g/mol. The second-order valence-electron chi connectivity index (χ2n) is 5.47. The predicted molar refractivity (Wildman–Crippen MR) is 90.6 cm³/mol. The Hall–Kier alpha value is -2.56. The van der Waals surface area contributed by atoms with Crippen LogP contribution < -0.4 is 15.4 Å². The number of rotatable bonds is 7. The van der Waals surface area contributed by atoms with Gasteiger partial charge in [0.05, 0.1) is 7.11 Å². The number of pyridine rings is 1. The molecule has 23 heavy (non-hydrogen) atoms. The van der Waals surface area contributed by atoms with Gasteiger partial charge in [-0.3, -0.25) is 4.98 Å². The number of carbonyl (C=O) groups is 1. The van der Waals surface area contributed by atoms with Gasteiger partial charge in [-0.15, -0.1) is 0 Å². The van der Waals surface area contributed by atoms with Gasteiger partial charge in [0, 0.05) is 25.0 Å². The molecular weight excluding hydrogens is 290 g/mol. The van der Waals surface area contributed by atoms with E-state index in [2.05, 4.69) is 15.6 Å². The Morgan fingerprint density at radius 3 is 2.83 bits per heavy atom. The molecule has 1 aromatic carbocycles. The number of nitrogens with one attached hydrogen (secondary N) is 2. The molecule has 1 aromatic heterocycles. The number of hydrogen-bond acceptors (Lipinski definition) is 3. The summed E-state index contributed by atoms with van der Waals surface area (Å²) in [4.78, 5) is 15.9. The standard InChI is InChI=1S/C18H23N3O2/c1-14(11-16-5-3-7-17(12-16)23-2)21-18(22)20-10-8-15-6-4-9-19-13-15/h3-7,9,12-14H,8,10-11H2,1-2H3,(H2,20,21,22). The molecule has 0 aliphatic rings. The summed E-state index contributed by atoms with van der Waals surface area (Å²) in [6.07, 6.45) is 5.08. The first-order valence-electron chi connectivity index (χ1n) is 7.73. The quantitative estimate of drug-likeness (QED) is 0.826. The Morgan fingerprint density at radius 1 is 1.26 bits per heavy atom. The Balaban J connectivity index is 1.71. The predicted octanol–water partition coefficient (Wildman–Crippen LogP) is 2.56. The lowest BCUT2D eigenvalue weighted by Crippen LogP contribution is -2.42. The topological polar surface area (TPSA) is 63.2 Å². The van der Waals surface area contributed by atoms with E-state index in [9.17, 15) is 4.79 Å². The molecule has 0 saturated heterocycles. The molecule has 0 fully saturated rings. The van der Waals surface area contributed by atoms with Crippen LogP contribution in [0.25, 0.3) is 0 Å². The van der Waals surface area contributed by atoms with Crippen molar-refractivity contribution < 1.29 is 9.53 Å². The van der Waals surface area contributed by atoms with E-state index in [0.717, 1.165) is 29.7 Å². The fourth-order valence-electron chi connectivity index (χ4n) is 2.35. The first-order chi connectivity index (χ1) is 11.2. The smallest absolute Gasteiger partial charge is 0.315 e. The van der Waals surface area contributed by atoms with E-state index in [1.165, 1.54) is 0 Å². The van der Waals surface area contributed by atoms with Crippen molar-refractivity contribution in [1.82, 2.24) is 15.6 Å². The summed E-state index contributed by atoms with van der Waals surface area (Å²) in [5, 5.41) is 5.81. The van der Waals surface area contributed by atoms with Crippen molar-refractivity contribution in [2.45, 2.75) is 25.8 Å². The molecule has 122 valence electrons. The minimum atomic E-state index is -0.149. The summed E-state index contributed by atoms with van der Waals surface area (Å²) < 4.78 is 5.21. The zero-order valence-electron chi connectivity index (χ0n) is 13.6. The summed E-state index contributed by atoms with van der Waals surface area (Å²) in [6, 6.07) is 11.7. The normalized spacial score (nSPS) is 11.6. The highest BCUT2D eigenvalue weighted by atomic mass is 16.5. The molecule has 5 heteroatoms. The second kappa shape index (κ2) is 8.78. The van der Waals surface area contributed by atoms with Crippen LogP contribution in [-0.4, -0.2) is 30.7 Å². The molecule has 0 aliphatic carbocycles. The number of urea groups is 1. The summed E-state index contributed by atoms with van der Waals surface area (Å²) in [7, 11) is 1.65. The minimum absolute atomic E-state index is 0.0421. The van der Waals surface area contributed by atoms with Crippen LogP contribution >= 0.6 is 0 Å². The molecule has 1 heterocycles. The van der Waals surface area contributed by atoms with Crippen molar-refractivity contribution in [2.24, 2.45) is 0 Å². The molecule has 2 amide bonds. The van der Waals surface area contributed by atoms with Crippen molar-refractivity contribution in [3.63, 3.8) is 0 Å². The van der Waals surface area contributed by atoms with Crippen LogP contribution in [0.2, 0.25) is 0 Å². The molecule has 0 saturated carbocycles. The number of benzene rings is 1. The lowest BCUT2D eigenvalue weighted by molar-refractivity contribution is 0.238. The van der Waals surface area contributed by atoms with Crippen LogP contribution in [0.5, 0.6) is 5.75 Å². The fraction of sp³-hybridized carbons (Fsp3) is 0.333. The molecule has 2 aromatic rings. The van der Waals surface area contributed by atoms with Crippen LogP contribution in [0.4, 0.5) is 4.79 Å². The van der Waals surface area contributed by atoms with Crippen molar-refractivity contribution in [1.29, 1.82) is 0 Å². The first-order valence-corrected chi connectivity index (χ1v) is 7.73. The van der Waals surface area contributed by atoms with Crippen molar-refractivity contribution in [3.8, 4) is 5.75 Å². The van der Waals surface area contributed by atoms with Crippen LogP contribution in [-0.2, 0) is 12.8 Å². The summed E-state index contributed by atoms with van der Waals surface area (Å²) in [5.41, 5.74) is 2.24. The van der Waals surface area contributed by atoms with Crippen LogP contribution in [0.1, 0.15) is 18.1 Å². The Kier molecular flexibility index (Phi) is 6.41. The van der Waals surface area contributed by atoms with E-state index in [1.807, 2.05) is 49.5 Å². The van der Waals surface area contributed by atoms with Crippen LogP contribution in [0.3, 0.4) is 0 Å². The van der Waals surface area contributed by atoms with E-state index >= 15 is 0 Å². The molecule has 0 radical (unpaired) electrons. The molecule has 0 bridgehead atoms. The molecule has 2 rings (SSSR count). The van der Waals surface area contributed by atoms with E-state index in [1.54, 1.807) is 13.3 Å². The van der Waals surface area contributed by atoms with Gasteiger partial charge in [0.2, 0.25) is 0 Å². The van der Waals surface area contributed by atoms with Gasteiger partial charge in [0.1, 0.15) is 5.75 Å². The van der Waals surface area contributed by atoms with Gasteiger partial charge in [0.25, 0.3) is 0 Å². The maximum Gasteiger partial charge on any atom is 0.315 e. The third kappa shape index (κ3) is 5.98. The van der Waals surface area contributed by atoms with E-state index in [0.29, 0.717) is 6.54 Å². The number of nitrogens with zero attached hydrogens (tertiary/aromatic N) is 1. The molecule has 2 N–H and O–H groups in total. The minimum Gasteiger partial charge on any atom is -0.497 e. The van der Waals surface area contributed by atoms with Gasteiger partial charge >= 0.3 is 6.03 Å². The van der Waals surface area contributed by atoms with E-state index < -0.39 is 0 Å². The lowest BCUT2D eigenvalue weighted by atomic mass is 10.1. The van der Waals surface area contributed by atoms with Gasteiger partial charge in [0.15, 0.2) is 0 Å². The monoisotopic (exact) mass is 313 g/mol. The Morgan fingerprint density at radius 2 is 2.09 bits per heavy atom. The van der Waals surface area contributed by atoms with Gasteiger partial charge in [-0.25, -0.2) is 4.79 Å². The number of amides is 2. The van der Waals surface area contributed by atoms with Gasteiger partial charge in [-0.1, -0.05) is 18.2 Å². The fourth-order valence-corrected chi connectivity index (χ4v) is 2.35. The van der Waals surface area contributed by atoms with Crippen molar-refractivity contribution >= 4 is 6.03 Å². The molecule has 1 unspecified atom stereocenters. The molecule has 5 nitrogen and oxygen atoms in total. The summed E-state index contributed by atoms with van der Waals surface area (Å²) in [5.74, 6) is 0.829. The number of aromatic nitrogens is 1. The van der Waals surface area contributed by atoms with Gasteiger partial charge in [-0.2, -0.15) is 0 Å². The van der Waals surface area contributed by atoms with E-state index in [4.69, 9.17) is 4.74 Å². The Labute approximate surface area is 137 Å². The number of ether oxygens (including phenoxy) is 1. The highest BCUT2D eigenvalue weighted by molar-refractivity contribution is 5.74. The van der Waals surface area contributed by atoms with Crippen molar-refractivity contribution in [2.75, 3.05) is 13.7 Å². The number of carbonyl (C=O) groups excluding carboxylic acids is 1. The SMILES string of the molecule is COc1cccc(CC(C)NC(=O)NCCc2cccnc2)c1. The zero-order valence-corrected chi connectivity index (χ0v) is 13.6. The van der Waals surface area contributed by atoms with Crippen molar-refractivity contribution in [3.05, 3.63) is 59.9 Å².